The molecule has 1 aromatic carbocycles. The number of nitrogens with one attached hydrogen (secondary N) is 1. The third-order valence-electron chi connectivity index (χ3n) is 5.98. The van der Waals surface area contributed by atoms with Gasteiger partial charge in [-0.15, -0.1) is 0 Å². The molecule has 3 atom stereocenters. The van der Waals surface area contributed by atoms with E-state index in [2.05, 4.69) is 25.3 Å². The number of hydrogen-bond acceptors (Lipinski definition) is 7. The first-order chi connectivity index (χ1) is 15.0. The number of benzene rings is 1. The minimum absolute atomic E-state index is 0.0709. The number of aromatic nitrogens is 3. The van der Waals surface area contributed by atoms with Gasteiger partial charge in [0.2, 0.25) is 5.88 Å². The summed E-state index contributed by atoms with van der Waals surface area (Å²) >= 11 is 0. The van der Waals surface area contributed by atoms with Crippen LogP contribution in [0.4, 0.5) is 24.7 Å². The molecular formula is C21H19F3N6O. The summed E-state index contributed by atoms with van der Waals surface area (Å²) in [6.07, 6.45) is 4.04. The Labute approximate surface area is 175 Å². The molecule has 1 saturated carbocycles. The van der Waals surface area contributed by atoms with Crippen LogP contribution in [0, 0.1) is 23.5 Å². The molecule has 3 N–H and O–H groups in total. The zero-order valence-electron chi connectivity index (χ0n) is 16.6. The fourth-order valence-corrected chi connectivity index (χ4v) is 4.44. The Hall–Kier alpha value is -3.43. The number of rotatable bonds is 5. The van der Waals surface area contributed by atoms with Gasteiger partial charge in [0.15, 0.2) is 11.6 Å². The van der Waals surface area contributed by atoms with Crippen LogP contribution in [0.2, 0.25) is 0 Å². The van der Waals surface area contributed by atoms with E-state index in [1.54, 1.807) is 6.07 Å². The lowest BCUT2D eigenvalue weighted by atomic mass is 9.82. The highest BCUT2D eigenvalue weighted by molar-refractivity contribution is 5.87. The van der Waals surface area contributed by atoms with Crippen molar-refractivity contribution in [3.63, 3.8) is 0 Å². The van der Waals surface area contributed by atoms with Crippen LogP contribution in [0.25, 0.3) is 11.0 Å². The Bertz CT molecular complexity index is 1220. The molecule has 5 rings (SSSR count). The Kier molecular flexibility index (Phi) is 4.45. The van der Waals surface area contributed by atoms with Crippen molar-refractivity contribution >= 4 is 28.4 Å². The molecule has 160 valence electrons. The van der Waals surface area contributed by atoms with Gasteiger partial charge in [-0.25, -0.2) is 28.1 Å². The second kappa shape index (κ2) is 7.07. The van der Waals surface area contributed by atoms with Crippen molar-refractivity contribution in [2.75, 3.05) is 19.1 Å². The van der Waals surface area contributed by atoms with Crippen LogP contribution in [-0.4, -0.2) is 34.6 Å². The second-order valence-corrected chi connectivity index (χ2v) is 7.82. The van der Waals surface area contributed by atoms with Crippen molar-refractivity contribution in [2.45, 2.75) is 18.4 Å². The van der Waals surface area contributed by atoms with Crippen molar-refractivity contribution in [3.05, 3.63) is 47.8 Å². The van der Waals surface area contributed by atoms with E-state index in [1.165, 1.54) is 25.6 Å². The van der Waals surface area contributed by atoms with Crippen molar-refractivity contribution in [1.82, 2.24) is 15.0 Å². The smallest absolute Gasteiger partial charge is 0.232 e. The summed E-state index contributed by atoms with van der Waals surface area (Å²) < 4.78 is 49.8. The summed E-state index contributed by atoms with van der Waals surface area (Å²) in [5.41, 5.74) is 4.58. The molecular weight excluding hydrogens is 409 g/mol. The van der Waals surface area contributed by atoms with E-state index in [0.717, 1.165) is 6.07 Å². The van der Waals surface area contributed by atoms with Gasteiger partial charge in [0.1, 0.15) is 23.5 Å². The number of alkyl halides is 1. The van der Waals surface area contributed by atoms with Crippen LogP contribution in [0.15, 0.2) is 35.6 Å². The maximum Gasteiger partial charge on any atom is 0.232 e. The minimum atomic E-state index is -1.65. The van der Waals surface area contributed by atoms with Crippen molar-refractivity contribution in [2.24, 2.45) is 22.6 Å². The van der Waals surface area contributed by atoms with E-state index in [0.29, 0.717) is 29.8 Å². The van der Waals surface area contributed by atoms with Gasteiger partial charge in [0, 0.05) is 12.6 Å². The van der Waals surface area contributed by atoms with Gasteiger partial charge in [0.05, 0.1) is 35.9 Å². The summed E-state index contributed by atoms with van der Waals surface area (Å²) in [5, 5.41) is 2.84. The lowest BCUT2D eigenvalue weighted by Gasteiger charge is -2.32. The SMILES string of the molecule is COc1cnc2c(Nc3ccc(F)c([C@]4(CF)N=C(N)C[C@H]5C[C@H]54)c3F)nccc2n1. The number of nitrogens with zero attached hydrogens (tertiary/aromatic N) is 4. The molecule has 0 spiro atoms. The van der Waals surface area contributed by atoms with Gasteiger partial charge in [-0.3, -0.25) is 4.99 Å². The highest BCUT2D eigenvalue weighted by atomic mass is 19.1. The quantitative estimate of drug-likeness (QED) is 0.644. The number of halogens is 3. The first kappa shape index (κ1) is 19.5. The Morgan fingerprint density at radius 1 is 1.26 bits per heavy atom. The summed E-state index contributed by atoms with van der Waals surface area (Å²) in [5.74, 6) is -1.23. The molecule has 0 saturated heterocycles. The first-order valence-electron chi connectivity index (χ1n) is 9.78. The fraction of sp³-hybridized carbons (Fsp3) is 0.333. The van der Waals surface area contributed by atoms with Crippen LogP contribution in [0.1, 0.15) is 18.4 Å². The molecule has 2 aromatic heterocycles. The maximum absolute atomic E-state index is 15.6. The minimum Gasteiger partial charge on any atom is -0.480 e. The molecule has 7 nitrogen and oxygen atoms in total. The fourth-order valence-electron chi connectivity index (χ4n) is 4.44. The van der Waals surface area contributed by atoms with E-state index in [9.17, 15) is 8.78 Å². The zero-order chi connectivity index (χ0) is 21.8. The molecule has 10 heteroatoms. The van der Waals surface area contributed by atoms with Gasteiger partial charge >= 0.3 is 0 Å². The van der Waals surface area contributed by atoms with Gasteiger partial charge in [-0.1, -0.05) is 0 Å². The van der Waals surface area contributed by atoms with Gasteiger partial charge < -0.3 is 15.8 Å². The molecule has 0 bridgehead atoms. The maximum atomic E-state index is 15.6. The average Bonchev–Trinajstić information content (AvgIpc) is 3.55. The summed E-state index contributed by atoms with van der Waals surface area (Å²) in [7, 11) is 1.47. The number of hydrogen-bond donors (Lipinski definition) is 2. The Morgan fingerprint density at radius 2 is 2.10 bits per heavy atom. The molecule has 3 aromatic rings. The van der Waals surface area contributed by atoms with Crippen LogP contribution in [0.5, 0.6) is 5.88 Å². The number of methoxy groups -OCH3 is 1. The van der Waals surface area contributed by atoms with Gasteiger partial charge in [0.25, 0.3) is 0 Å². The summed E-state index contributed by atoms with van der Waals surface area (Å²) in [4.78, 5) is 17.0. The number of fused-ring (bicyclic) bond motifs is 2. The second-order valence-electron chi connectivity index (χ2n) is 7.82. The molecule has 3 heterocycles. The van der Waals surface area contributed by atoms with Crippen molar-refractivity contribution in [1.29, 1.82) is 0 Å². The normalized spacial score (nSPS) is 24.5. The third-order valence-corrected chi connectivity index (χ3v) is 5.98. The standard InChI is InChI=1S/C21H19F3N6O/c1-31-16-8-27-19-14(28-16)4-5-26-20(19)29-13-3-2-12(23)17(18(13)24)21(9-22)11-6-10(11)7-15(25)30-21/h2-5,8,10-11H,6-7,9H2,1H3,(H2,25,30)(H,26,29)/t10-,11-,21-/m1/s1. The monoisotopic (exact) mass is 428 g/mol. The van der Waals surface area contributed by atoms with E-state index in [-0.39, 0.29) is 29.2 Å². The van der Waals surface area contributed by atoms with Crippen molar-refractivity contribution < 1.29 is 17.9 Å². The molecule has 1 aliphatic carbocycles. The number of ether oxygens (including phenoxy) is 1. The molecule has 2 aliphatic rings. The van der Waals surface area contributed by atoms with E-state index < -0.39 is 29.4 Å². The van der Waals surface area contributed by atoms with Crippen LogP contribution >= 0.6 is 0 Å². The number of anilines is 2. The molecule has 0 radical (unpaired) electrons. The van der Waals surface area contributed by atoms with Gasteiger partial charge in [-0.2, -0.15) is 0 Å². The zero-order valence-corrected chi connectivity index (χ0v) is 16.6. The third kappa shape index (κ3) is 3.05. The van der Waals surface area contributed by atoms with Crippen LogP contribution < -0.4 is 15.8 Å². The van der Waals surface area contributed by atoms with Crippen LogP contribution in [-0.2, 0) is 5.54 Å². The topological polar surface area (TPSA) is 98.3 Å². The Balaban J connectivity index is 1.60. The highest BCUT2D eigenvalue weighted by Crippen LogP contribution is 2.58. The predicted octanol–water partition coefficient (Wildman–Crippen LogP) is 3.62. The number of amidine groups is 1. The van der Waals surface area contributed by atoms with E-state index >= 15 is 4.39 Å². The number of pyridine rings is 1. The average molecular weight is 428 g/mol. The summed E-state index contributed by atoms with van der Waals surface area (Å²) in [6.45, 7) is -1.04. The Morgan fingerprint density at radius 3 is 2.87 bits per heavy atom. The predicted molar refractivity (Wildman–Crippen MR) is 109 cm³/mol. The lowest BCUT2D eigenvalue weighted by molar-refractivity contribution is 0.246. The number of nitrogens with two attached hydrogens (primary N) is 1. The molecule has 31 heavy (non-hydrogen) atoms. The van der Waals surface area contributed by atoms with Crippen LogP contribution in [0.3, 0.4) is 0 Å². The van der Waals surface area contributed by atoms with Gasteiger partial charge in [-0.05, 0) is 36.5 Å². The highest BCUT2D eigenvalue weighted by Gasteiger charge is 2.58. The molecule has 1 fully saturated rings. The molecule has 0 amide bonds. The van der Waals surface area contributed by atoms with E-state index in [4.69, 9.17) is 10.5 Å². The molecule has 1 aliphatic heterocycles. The summed E-state index contributed by atoms with van der Waals surface area (Å²) in [6, 6.07) is 3.96. The lowest BCUT2D eigenvalue weighted by Crippen LogP contribution is -2.38. The first-order valence-corrected chi connectivity index (χ1v) is 9.78. The number of aliphatic imine (C=N–C) groups is 1. The largest absolute Gasteiger partial charge is 0.480 e. The van der Waals surface area contributed by atoms with Crippen molar-refractivity contribution in [3.8, 4) is 5.88 Å². The molecule has 0 unspecified atom stereocenters. The van der Waals surface area contributed by atoms with E-state index in [1.807, 2.05) is 0 Å².